The highest BCUT2D eigenvalue weighted by Crippen LogP contribution is 2.22. The van der Waals surface area contributed by atoms with E-state index in [1.165, 1.54) is 6.07 Å². The zero-order valence-electron chi connectivity index (χ0n) is 13.3. The summed E-state index contributed by atoms with van der Waals surface area (Å²) in [5.41, 5.74) is 1.32. The van der Waals surface area contributed by atoms with Crippen LogP contribution in [0.25, 0.3) is 11.3 Å². The predicted octanol–water partition coefficient (Wildman–Crippen LogP) is 4.38. The number of rotatable bonds is 6. The van der Waals surface area contributed by atoms with Crippen molar-refractivity contribution in [1.29, 1.82) is 0 Å². The molecule has 3 rings (SSSR count). The quantitative estimate of drug-likeness (QED) is 0.711. The zero-order chi connectivity index (χ0) is 17.6. The number of carbonyl (C=O) groups excluding carboxylic acids is 1. The molecule has 0 bridgehead atoms. The molecule has 1 heterocycles. The van der Waals surface area contributed by atoms with Gasteiger partial charge >= 0.3 is 0 Å². The average molecular weight is 359 g/mol. The fraction of sp³-hybridized carbons (Fsp3) is 0.158. The SMILES string of the molecule is O=C(CCc1ncc(-c2ccc(Cl)cc2)o1)NCc1ccccc1F. The third-order valence-electron chi connectivity index (χ3n) is 3.68. The van der Waals surface area contributed by atoms with Gasteiger partial charge in [0.2, 0.25) is 5.91 Å². The summed E-state index contributed by atoms with van der Waals surface area (Å²) in [5, 5.41) is 3.34. The van der Waals surface area contributed by atoms with Crippen LogP contribution in [0.2, 0.25) is 5.02 Å². The molecule has 6 heteroatoms. The first-order valence-corrected chi connectivity index (χ1v) is 8.20. The van der Waals surface area contributed by atoms with Crippen LogP contribution in [0.5, 0.6) is 0 Å². The monoisotopic (exact) mass is 358 g/mol. The maximum atomic E-state index is 13.5. The Bertz CT molecular complexity index is 862. The lowest BCUT2D eigenvalue weighted by molar-refractivity contribution is -0.121. The van der Waals surface area contributed by atoms with E-state index in [2.05, 4.69) is 10.3 Å². The van der Waals surface area contributed by atoms with Crippen LogP contribution in [0.4, 0.5) is 4.39 Å². The number of aromatic nitrogens is 1. The van der Waals surface area contributed by atoms with E-state index in [0.29, 0.717) is 28.7 Å². The second-order valence-corrected chi connectivity index (χ2v) is 5.93. The summed E-state index contributed by atoms with van der Waals surface area (Å²) < 4.78 is 19.1. The summed E-state index contributed by atoms with van der Waals surface area (Å²) in [7, 11) is 0. The largest absolute Gasteiger partial charge is 0.441 e. The number of nitrogens with zero attached hydrogens (tertiary/aromatic N) is 1. The van der Waals surface area contributed by atoms with E-state index in [4.69, 9.17) is 16.0 Å². The van der Waals surface area contributed by atoms with Gasteiger partial charge in [-0.1, -0.05) is 29.8 Å². The molecule has 0 saturated heterocycles. The fourth-order valence-corrected chi connectivity index (χ4v) is 2.44. The maximum Gasteiger partial charge on any atom is 0.220 e. The summed E-state index contributed by atoms with van der Waals surface area (Å²) in [4.78, 5) is 16.1. The van der Waals surface area contributed by atoms with Gasteiger partial charge < -0.3 is 9.73 Å². The minimum Gasteiger partial charge on any atom is -0.441 e. The van der Waals surface area contributed by atoms with Gasteiger partial charge in [0.25, 0.3) is 0 Å². The van der Waals surface area contributed by atoms with Gasteiger partial charge in [-0.05, 0) is 30.3 Å². The van der Waals surface area contributed by atoms with Crippen molar-refractivity contribution in [1.82, 2.24) is 10.3 Å². The molecule has 0 atom stereocenters. The van der Waals surface area contributed by atoms with Gasteiger partial charge in [0, 0.05) is 35.5 Å². The Labute approximate surface area is 149 Å². The van der Waals surface area contributed by atoms with Gasteiger partial charge in [-0.2, -0.15) is 0 Å². The van der Waals surface area contributed by atoms with Crippen molar-refractivity contribution >= 4 is 17.5 Å². The standard InChI is InChI=1S/C19H16ClFN2O2/c20-15-7-5-13(6-8-15)17-12-23-19(25-17)10-9-18(24)22-11-14-3-1-2-4-16(14)21/h1-8,12H,9-11H2,(H,22,24). The molecule has 2 aromatic carbocycles. The van der Waals surface area contributed by atoms with E-state index < -0.39 is 0 Å². The molecule has 0 spiro atoms. The maximum absolute atomic E-state index is 13.5. The molecule has 0 aliphatic carbocycles. The molecular formula is C19H16ClFN2O2. The fourth-order valence-electron chi connectivity index (χ4n) is 2.32. The molecular weight excluding hydrogens is 343 g/mol. The Kier molecular flexibility index (Phi) is 5.46. The minimum atomic E-state index is -0.330. The Hall–Kier alpha value is -2.66. The van der Waals surface area contributed by atoms with Crippen LogP contribution < -0.4 is 5.32 Å². The van der Waals surface area contributed by atoms with Crippen LogP contribution in [0.15, 0.2) is 59.1 Å². The van der Waals surface area contributed by atoms with Crippen molar-refractivity contribution in [3.63, 3.8) is 0 Å². The predicted molar refractivity (Wildman–Crippen MR) is 93.5 cm³/mol. The molecule has 0 aliphatic heterocycles. The van der Waals surface area contributed by atoms with Crippen LogP contribution in [0.1, 0.15) is 17.9 Å². The van der Waals surface area contributed by atoms with E-state index >= 15 is 0 Å². The highest BCUT2D eigenvalue weighted by molar-refractivity contribution is 6.30. The van der Waals surface area contributed by atoms with Crippen molar-refractivity contribution in [2.45, 2.75) is 19.4 Å². The van der Waals surface area contributed by atoms with Crippen LogP contribution in [0.3, 0.4) is 0 Å². The molecule has 1 amide bonds. The normalized spacial score (nSPS) is 10.6. The second-order valence-electron chi connectivity index (χ2n) is 5.49. The highest BCUT2D eigenvalue weighted by atomic mass is 35.5. The van der Waals surface area contributed by atoms with Crippen LogP contribution in [-0.2, 0) is 17.8 Å². The first-order valence-electron chi connectivity index (χ1n) is 7.82. The van der Waals surface area contributed by atoms with E-state index in [1.807, 2.05) is 12.1 Å². The summed E-state index contributed by atoms with van der Waals surface area (Å²) in [6, 6.07) is 13.6. The molecule has 0 saturated carbocycles. The van der Waals surface area contributed by atoms with Gasteiger partial charge in [0.15, 0.2) is 11.7 Å². The molecule has 0 aliphatic rings. The van der Waals surface area contributed by atoms with E-state index in [1.54, 1.807) is 36.5 Å². The summed E-state index contributed by atoms with van der Waals surface area (Å²) in [6.45, 7) is 0.160. The molecule has 0 radical (unpaired) electrons. The van der Waals surface area contributed by atoms with Gasteiger partial charge in [-0.25, -0.2) is 9.37 Å². The number of halogens is 2. The lowest BCUT2D eigenvalue weighted by atomic mass is 10.2. The third-order valence-corrected chi connectivity index (χ3v) is 3.93. The first-order chi connectivity index (χ1) is 12.1. The summed E-state index contributed by atoms with van der Waals surface area (Å²) in [6.07, 6.45) is 2.21. The van der Waals surface area contributed by atoms with Crippen molar-refractivity contribution in [2.24, 2.45) is 0 Å². The Morgan fingerprint density at radius 2 is 1.92 bits per heavy atom. The average Bonchev–Trinajstić information content (AvgIpc) is 3.09. The lowest BCUT2D eigenvalue weighted by Crippen LogP contribution is -2.23. The third kappa shape index (κ3) is 4.67. The van der Waals surface area contributed by atoms with Crippen molar-refractivity contribution in [3.8, 4) is 11.3 Å². The van der Waals surface area contributed by atoms with Gasteiger partial charge in [-0.15, -0.1) is 0 Å². The zero-order valence-corrected chi connectivity index (χ0v) is 14.1. The smallest absolute Gasteiger partial charge is 0.220 e. The number of hydrogen-bond acceptors (Lipinski definition) is 3. The minimum absolute atomic E-state index is 0.160. The lowest BCUT2D eigenvalue weighted by Gasteiger charge is -2.05. The molecule has 4 nitrogen and oxygen atoms in total. The van der Waals surface area contributed by atoms with Gasteiger partial charge in [-0.3, -0.25) is 4.79 Å². The number of hydrogen-bond donors (Lipinski definition) is 1. The Morgan fingerprint density at radius 1 is 1.16 bits per heavy atom. The number of aryl methyl sites for hydroxylation is 1. The summed E-state index contributed by atoms with van der Waals surface area (Å²) >= 11 is 5.86. The van der Waals surface area contributed by atoms with E-state index in [-0.39, 0.29) is 24.7 Å². The molecule has 25 heavy (non-hydrogen) atoms. The van der Waals surface area contributed by atoms with E-state index in [9.17, 15) is 9.18 Å². The van der Waals surface area contributed by atoms with Crippen LogP contribution in [-0.4, -0.2) is 10.9 Å². The van der Waals surface area contributed by atoms with Crippen molar-refractivity contribution in [2.75, 3.05) is 0 Å². The molecule has 0 unspecified atom stereocenters. The Morgan fingerprint density at radius 3 is 2.68 bits per heavy atom. The number of carbonyl (C=O) groups is 1. The topological polar surface area (TPSA) is 55.1 Å². The number of amides is 1. The highest BCUT2D eigenvalue weighted by Gasteiger charge is 2.10. The van der Waals surface area contributed by atoms with Gasteiger partial charge in [0.1, 0.15) is 5.82 Å². The van der Waals surface area contributed by atoms with E-state index in [0.717, 1.165) is 5.56 Å². The summed E-state index contributed by atoms with van der Waals surface area (Å²) in [5.74, 6) is 0.585. The molecule has 3 aromatic rings. The molecule has 128 valence electrons. The van der Waals surface area contributed by atoms with Crippen molar-refractivity contribution in [3.05, 3.63) is 77.0 Å². The second kappa shape index (κ2) is 7.94. The molecule has 1 aromatic heterocycles. The number of benzene rings is 2. The van der Waals surface area contributed by atoms with Gasteiger partial charge in [0.05, 0.1) is 6.20 Å². The Balaban J connectivity index is 1.51. The number of oxazole rings is 1. The number of nitrogens with one attached hydrogen (secondary N) is 1. The van der Waals surface area contributed by atoms with Crippen molar-refractivity contribution < 1.29 is 13.6 Å². The van der Waals surface area contributed by atoms with Crippen LogP contribution >= 0.6 is 11.6 Å². The first kappa shape index (κ1) is 17.2. The van der Waals surface area contributed by atoms with Crippen LogP contribution in [0, 0.1) is 5.82 Å². The molecule has 1 N–H and O–H groups in total. The molecule has 0 fully saturated rings.